The van der Waals surface area contributed by atoms with Gasteiger partial charge in [0.1, 0.15) is 5.75 Å². The lowest BCUT2D eigenvalue weighted by molar-refractivity contribution is 0.453. The second-order valence-electron chi connectivity index (χ2n) is 5.30. The van der Waals surface area contributed by atoms with Crippen molar-refractivity contribution in [2.45, 2.75) is 19.3 Å². The van der Waals surface area contributed by atoms with Crippen molar-refractivity contribution in [3.8, 4) is 16.9 Å². The molecular formula is C15H14BBrO2. The standard InChI is InChI=1S/C15H14BBrO2/c1-15(2)13-7-9(17)3-5-11(13)12-6-4-10(19-16-18)8-14(12)15/h3-8,16,18H,1-2H3. The maximum absolute atomic E-state index is 8.88. The molecule has 3 rings (SSSR count). The van der Waals surface area contributed by atoms with Crippen molar-refractivity contribution in [1.29, 1.82) is 0 Å². The first-order valence-electron chi connectivity index (χ1n) is 6.22. The molecule has 0 aromatic heterocycles. The van der Waals surface area contributed by atoms with E-state index in [1.165, 1.54) is 22.3 Å². The van der Waals surface area contributed by atoms with Crippen LogP contribution in [0.1, 0.15) is 25.0 Å². The van der Waals surface area contributed by atoms with Crippen molar-refractivity contribution in [2.24, 2.45) is 0 Å². The van der Waals surface area contributed by atoms with Crippen LogP contribution < -0.4 is 4.65 Å². The fraction of sp³-hybridized carbons (Fsp3) is 0.200. The molecule has 0 atom stereocenters. The largest absolute Gasteiger partial charge is 0.539 e. The molecule has 0 amide bonds. The van der Waals surface area contributed by atoms with E-state index in [0.717, 1.165) is 4.47 Å². The van der Waals surface area contributed by atoms with Crippen LogP contribution in [-0.4, -0.2) is 12.7 Å². The highest BCUT2D eigenvalue weighted by Gasteiger charge is 2.35. The zero-order valence-electron chi connectivity index (χ0n) is 10.9. The monoisotopic (exact) mass is 316 g/mol. The third-order valence-electron chi connectivity index (χ3n) is 3.84. The predicted octanol–water partition coefficient (Wildman–Crippen LogP) is 3.39. The van der Waals surface area contributed by atoms with Crippen molar-refractivity contribution < 1.29 is 9.68 Å². The SMILES string of the molecule is CC1(C)c2cc(Br)ccc2-c2ccc(OBO)cc21. The second-order valence-corrected chi connectivity index (χ2v) is 6.21. The lowest BCUT2D eigenvalue weighted by Crippen LogP contribution is -2.15. The highest BCUT2D eigenvalue weighted by Crippen LogP contribution is 2.50. The minimum atomic E-state index is -0.294. The summed E-state index contributed by atoms with van der Waals surface area (Å²) in [7, 11) is -0.294. The van der Waals surface area contributed by atoms with Crippen LogP contribution in [0.5, 0.6) is 5.75 Å². The minimum Gasteiger partial charge on any atom is -0.539 e. The van der Waals surface area contributed by atoms with E-state index >= 15 is 0 Å². The smallest absolute Gasteiger partial charge is 0.504 e. The molecule has 0 heterocycles. The number of rotatable bonds is 2. The summed E-state index contributed by atoms with van der Waals surface area (Å²) < 4.78 is 6.29. The van der Waals surface area contributed by atoms with Gasteiger partial charge < -0.3 is 9.68 Å². The van der Waals surface area contributed by atoms with Crippen molar-refractivity contribution in [3.63, 3.8) is 0 Å². The van der Waals surface area contributed by atoms with Gasteiger partial charge in [-0.25, -0.2) is 0 Å². The Labute approximate surface area is 121 Å². The van der Waals surface area contributed by atoms with Crippen LogP contribution in [0.15, 0.2) is 40.9 Å². The molecule has 0 radical (unpaired) electrons. The summed E-state index contributed by atoms with van der Waals surface area (Å²) in [6.45, 7) is 4.43. The third kappa shape index (κ3) is 1.90. The van der Waals surface area contributed by atoms with E-state index in [-0.39, 0.29) is 13.1 Å². The van der Waals surface area contributed by atoms with E-state index in [4.69, 9.17) is 9.68 Å². The molecule has 0 saturated heterocycles. The molecule has 1 aliphatic rings. The summed E-state index contributed by atoms with van der Waals surface area (Å²) in [4.78, 5) is 0. The molecular weight excluding hydrogens is 303 g/mol. The fourth-order valence-corrected chi connectivity index (χ4v) is 3.21. The summed E-state index contributed by atoms with van der Waals surface area (Å²) in [6, 6.07) is 12.4. The Hall–Kier alpha value is -1.26. The Bertz CT molecular complexity index is 653. The van der Waals surface area contributed by atoms with Crippen molar-refractivity contribution in [2.75, 3.05) is 0 Å². The Morgan fingerprint density at radius 2 is 1.68 bits per heavy atom. The average Bonchev–Trinajstić information content (AvgIpc) is 2.59. The van der Waals surface area contributed by atoms with Gasteiger partial charge in [-0.1, -0.05) is 41.9 Å². The topological polar surface area (TPSA) is 29.5 Å². The Morgan fingerprint density at radius 3 is 2.37 bits per heavy atom. The third-order valence-corrected chi connectivity index (χ3v) is 4.33. The molecule has 0 spiro atoms. The molecule has 0 fully saturated rings. The molecule has 2 nitrogen and oxygen atoms in total. The van der Waals surface area contributed by atoms with Crippen LogP contribution in [0, 0.1) is 0 Å². The summed E-state index contributed by atoms with van der Waals surface area (Å²) >= 11 is 3.54. The van der Waals surface area contributed by atoms with Crippen molar-refractivity contribution in [1.82, 2.24) is 0 Å². The maximum Gasteiger partial charge on any atom is 0.504 e. The molecule has 19 heavy (non-hydrogen) atoms. The van der Waals surface area contributed by atoms with Gasteiger partial charge in [0.2, 0.25) is 0 Å². The molecule has 2 aromatic rings. The predicted molar refractivity (Wildman–Crippen MR) is 81.7 cm³/mol. The summed E-state index contributed by atoms with van der Waals surface area (Å²) in [5.74, 6) is 0.709. The fourth-order valence-electron chi connectivity index (χ4n) is 2.85. The van der Waals surface area contributed by atoms with Crippen LogP contribution in [-0.2, 0) is 5.41 Å². The normalized spacial score (nSPS) is 14.7. The van der Waals surface area contributed by atoms with Gasteiger partial charge in [0, 0.05) is 9.89 Å². The molecule has 0 saturated carbocycles. The number of fused-ring (bicyclic) bond motifs is 3. The lowest BCUT2D eigenvalue weighted by atomic mass is 9.82. The van der Waals surface area contributed by atoms with Gasteiger partial charge in [0.25, 0.3) is 0 Å². The van der Waals surface area contributed by atoms with E-state index in [1.54, 1.807) is 0 Å². The van der Waals surface area contributed by atoms with Crippen molar-refractivity contribution in [3.05, 3.63) is 52.0 Å². The maximum atomic E-state index is 8.88. The number of halogens is 1. The van der Waals surface area contributed by atoms with E-state index in [1.807, 2.05) is 12.1 Å². The summed E-state index contributed by atoms with van der Waals surface area (Å²) in [5.41, 5.74) is 5.03. The molecule has 0 bridgehead atoms. The molecule has 96 valence electrons. The van der Waals surface area contributed by atoms with E-state index < -0.39 is 0 Å². The Morgan fingerprint density at radius 1 is 1.05 bits per heavy atom. The number of hydrogen-bond donors (Lipinski definition) is 1. The quantitative estimate of drug-likeness (QED) is 0.861. The van der Waals surface area contributed by atoms with Gasteiger partial charge in [-0.15, -0.1) is 0 Å². The Kier molecular flexibility index (Phi) is 2.95. The number of hydrogen-bond acceptors (Lipinski definition) is 2. The zero-order chi connectivity index (χ0) is 13.6. The molecule has 4 heteroatoms. The van der Waals surface area contributed by atoms with E-state index in [0.29, 0.717) is 5.75 Å². The lowest BCUT2D eigenvalue weighted by Gasteiger charge is -2.22. The summed E-state index contributed by atoms with van der Waals surface area (Å²) in [5, 5.41) is 8.88. The molecule has 0 unspecified atom stereocenters. The van der Waals surface area contributed by atoms with E-state index in [2.05, 4.69) is 54.0 Å². The first kappa shape index (κ1) is 12.8. The van der Waals surface area contributed by atoms with Crippen LogP contribution in [0.4, 0.5) is 0 Å². The Balaban J connectivity index is 2.22. The van der Waals surface area contributed by atoms with Crippen LogP contribution in [0.2, 0.25) is 0 Å². The highest BCUT2D eigenvalue weighted by molar-refractivity contribution is 9.10. The number of benzene rings is 2. The highest BCUT2D eigenvalue weighted by atomic mass is 79.9. The van der Waals surface area contributed by atoms with Crippen LogP contribution in [0.3, 0.4) is 0 Å². The summed E-state index contributed by atoms with van der Waals surface area (Å²) in [6.07, 6.45) is 0. The van der Waals surface area contributed by atoms with Gasteiger partial charge >= 0.3 is 7.69 Å². The van der Waals surface area contributed by atoms with Gasteiger partial charge in [-0.05, 0) is 46.5 Å². The first-order chi connectivity index (χ1) is 9.04. The van der Waals surface area contributed by atoms with Gasteiger partial charge in [0.05, 0.1) is 0 Å². The van der Waals surface area contributed by atoms with E-state index in [9.17, 15) is 0 Å². The average molecular weight is 317 g/mol. The second kappa shape index (κ2) is 4.39. The van der Waals surface area contributed by atoms with Crippen molar-refractivity contribution >= 4 is 23.6 Å². The molecule has 1 aliphatic carbocycles. The zero-order valence-corrected chi connectivity index (χ0v) is 12.5. The van der Waals surface area contributed by atoms with Gasteiger partial charge in [-0.2, -0.15) is 0 Å². The first-order valence-corrected chi connectivity index (χ1v) is 7.02. The molecule has 2 aromatic carbocycles. The molecule has 0 aliphatic heterocycles. The van der Waals surface area contributed by atoms with Gasteiger partial charge in [0.15, 0.2) is 0 Å². The van der Waals surface area contributed by atoms with Gasteiger partial charge in [-0.3, -0.25) is 0 Å². The minimum absolute atomic E-state index is 0.0523. The van der Waals surface area contributed by atoms with Crippen LogP contribution >= 0.6 is 15.9 Å². The molecule has 1 N–H and O–H groups in total. The van der Waals surface area contributed by atoms with Crippen LogP contribution in [0.25, 0.3) is 11.1 Å².